The van der Waals surface area contributed by atoms with Gasteiger partial charge < -0.3 is 9.55 Å². The van der Waals surface area contributed by atoms with Crippen LogP contribution in [0.1, 0.15) is 28.3 Å². The standard InChI is InChI=1S/C26H20ClN3O/c27-22-9-6-19(7-10-22)26(30-13-12-28-17-30)20-8-11-24-23(15-20)21(16-25(31)29-24)14-18-4-2-1-3-5-18/h1-13,15-17,26H,14H2,(H,29,31). The van der Waals surface area contributed by atoms with Gasteiger partial charge in [0.15, 0.2) is 0 Å². The van der Waals surface area contributed by atoms with E-state index < -0.39 is 0 Å². The Labute approximate surface area is 184 Å². The second-order valence-electron chi connectivity index (χ2n) is 7.59. The first kappa shape index (κ1) is 19.3. The second-order valence-corrected chi connectivity index (χ2v) is 8.03. The number of imidazole rings is 1. The molecule has 0 fully saturated rings. The Balaban J connectivity index is 1.66. The first-order valence-corrected chi connectivity index (χ1v) is 10.5. The summed E-state index contributed by atoms with van der Waals surface area (Å²) in [5.41, 5.74) is 5.14. The monoisotopic (exact) mass is 425 g/mol. The summed E-state index contributed by atoms with van der Waals surface area (Å²) in [5, 5.41) is 1.74. The van der Waals surface area contributed by atoms with E-state index in [1.807, 2.05) is 61.1 Å². The normalized spacial score (nSPS) is 12.2. The number of hydrogen-bond donors (Lipinski definition) is 1. The van der Waals surface area contributed by atoms with Gasteiger partial charge in [-0.25, -0.2) is 4.98 Å². The number of benzene rings is 3. The molecule has 5 heteroatoms. The molecule has 0 saturated carbocycles. The van der Waals surface area contributed by atoms with Crippen molar-refractivity contribution < 1.29 is 0 Å². The lowest BCUT2D eigenvalue weighted by molar-refractivity contribution is 0.677. The molecule has 3 aromatic carbocycles. The van der Waals surface area contributed by atoms with Gasteiger partial charge in [0.05, 0.1) is 12.4 Å². The van der Waals surface area contributed by atoms with Crippen LogP contribution in [0, 0.1) is 0 Å². The number of aromatic nitrogens is 3. The number of nitrogens with zero attached hydrogens (tertiary/aromatic N) is 2. The van der Waals surface area contributed by atoms with Gasteiger partial charge in [-0.1, -0.05) is 60.1 Å². The number of H-pyrrole nitrogens is 1. The van der Waals surface area contributed by atoms with E-state index >= 15 is 0 Å². The van der Waals surface area contributed by atoms with Crippen molar-refractivity contribution in [2.45, 2.75) is 12.5 Å². The van der Waals surface area contributed by atoms with Crippen LogP contribution in [0.25, 0.3) is 10.9 Å². The molecule has 1 N–H and O–H groups in total. The molecular formula is C26H20ClN3O. The fourth-order valence-electron chi connectivity index (χ4n) is 4.08. The molecular weight excluding hydrogens is 406 g/mol. The molecule has 0 radical (unpaired) electrons. The summed E-state index contributed by atoms with van der Waals surface area (Å²) in [6.45, 7) is 0. The zero-order valence-corrected chi connectivity index (χ0v) is 17.5. The molecule has 0 amide bonds. The van der Waals surface area contributed by atoms with E-state index in [1.165, 1.54) is 5.56 Å². The van der Waals surface area contributed by atoms with Crippen molar-refractivity contribution in [3.8, 4) is 0 Å². The van der Waals surface area contributed by atoms with E-state index in [1.54, 1.807) is 12.3 Å². The van der Waals surface area contributed by atoms with Crippen LogP contribution in [0.5, 0.6) is 0 Å². The highest BCUT2D eigenvalue weighted by molar-refractivity contribution is 6.30. The lowest BCUT2D eigenvalue weighted by Gasteiger charge is -2.21. The minimum absolute atomic E-state index is 0.0549. The van der Waals surface area contributed by atoms with Crippen molar-refractivity contribution in [1.82, 2.24) is 14.5 Å². The van der Waals surface area contributed by atoms with Crippen molar-refractivity contribution in [3.05, 3.63) is 135 Å². The highest BCUT2D eigenvalue weighted by atomic mass is 35.5. The van der Waals surface area contributed by atoms with E-state index in [4.69, 9.17) is 11.6 Å². The Morgan fingerprint density at radius 3 is 2.45 bits per heavy atom. The number of pyridine rings is 1. The number of rotatable bonds is 5. The molecule has 1 atom stereocenters. The number of fused-ring (bicyclic) bond motifs is 1. The molecule has 0 aliphatic rings. The molecule has 0 saturated heterocycles. The van der Waals surface area contributed by atoms with Crippen molar-refractivity contribution >= 4 is 22.5 Å². The molecule has 0 aliphatic heterocycles. The van der Waals surface area contributed by atoms with Crippen LogP contribution < -0.4 is 5.56 Å². The third-order valence-electron chi connectivity index (χ3n) is 5.51. The Hall–Kier alpha value is -3.63. The van der Waals surface area contributed by atoms with Gasteiger partial charge in [-0.05, 0) is 52.9 Å². The maximum Gasteiger partial charge on any atom is 0.248 e. The zero-order valence-electron chi connectivity index (χ0n) is 16.7. The van der Waals surface area contributed by atoms with Crippen LogP contribution in [0.3, 0.4) is 0 Å². The summed E-state index contributed by atoms with van der Waals surface area (Å²) in [4.78, 5) is 19.5. The second kappa shape index (κ2) is 8.25. The van der Waals surface area contributed by atoms with Crippen molar-refractivity contribution in [3.63, 3.8) is 0 Å². The SMILES string of the molecule is O=c1cc(Cc2ccccc2)c2cc(C(c3ccc(Cl)cc3)n3ccnc3)ccc2[nH]1. The summed E-state index contributed by atoms with van der Waals surface area (Å²) in [6.07, 6.45) is 6.26. The molecule has 4 nitrogen and oxygen atoms in total. The van der Waals surface area contributed by atoms with Gasteiger partial charge in [-0.2, -0.15) is 0 Å². The van der Waals surface area contributed by atoms with Gasteiger partial charge in [0.25, 0.3) is 0 Å². The summed E-state index contributed by atoms with van der Waals surface area (Å²) in [6, 6.07) is 25.9. The zero-order chi connectivity index (χ0) is 21.2. The van der Waals surface area contributed by atoms with Crippen LogP contribution in [-0.2, 0) is 6.42 Å². The molecule has 1 unspecified atom stereocenters. The first-order chi connectivity index (χ1) is 15.2. The Morgan fingerprint density at radius 2 is 1.71 bits per heavy atom. The minimum atomic E-state index is -0.0879. The van der Waals surface area contributed by atoms with Crippen molar-refractivity contribution in [2.75, 3.05) is 0 Å². The van der Waals surface area contributed by atoms with Crippen LogP contribution in [0.4, 0.5) is 0 Å². The van der Waals surface area contributed by atoms with E-state index in [0.29, 0.717) is 11.4 Å². The fraction of sp³-hybridized carbons (Fsp3) is 0.0769. The van der Waals surface area contributed by atoms with Gasteiger partial charge in [0, 0.05) is 34.4 Å². The number of halogens is 1. The molecule has 0 aliphatic carbocycles. The molecule has 0 bridgehead atoms. The summed E-state index contributed by atoms with van der Waals surface area (Å²) < 4.78 is 2.08. The molecule has 5 rings (SSSR count). The highest BCUT2D eigenvalue weighted by Gasteiger charge is 2.17. The van der Waals surface area contributed by atoms with Crippen LogP contribution in [0.2, 0.25) is 5.02 Å². The Kier molecular flexibility index (Phi) is 5.14. The largest absolute Gasteiger partial charge is 0.326 e. The molecule has 2 heterocycles. The fourth-order valence-corrected chi connectivity index (χ4v) is 4.20. The third kappa shape index (κ3) is 4.03. The minimum Gasteiger partial charge on any atom is -0.326 e. The lowest BCUT2D eigenvalue weighted by atomic mass is 9.94. The van der Waals surface area contributed by atoms with Gasteiger partial charge in [-0.15, -0.1) is 0 Å². The predicted octanol–water partition coefficient (Wildman–Crippen LogP) is 5.61. The molecule has 152 valence electrons. The van der Waals surface area contributed by atoms with Crippen molar-refractivity contribution in [1.29, 1.82) is 0 Å². The number of aromatic amines is 1. The van der Waals surface area contributed by atoms with E-state index in [9.17, 15) is 4.79 Å². The summed E-state index contributed by atoms with van der Waals surface area (Å²) in [7, 11) is 0. The number of nitrogens with one attached hydrogen (secondary N) is 1. The van der Waals surface area contributed by atoms with Gasteiger partial charge in [0.2, 0.25) is 5.56 Å². The Morgan fingerprint density at radius 1 is 0.935 bits per heavy atom. The average Bonchev–Trinajstić information content (AvgIpc) is 3.30. The van der Waals surface area contributed by atoms with Gasteiger partial charge in [-0.3, -0.25) is 4.79 Å². The van der Waals surface area contributed by atoms with E-state index in [0.717, 1.165) is 27.6 Å². The molecule has 31 heavy (non-hydrogen) atoms. The average molecular weight is 426 g/mol. The molecule has 5 aromatic rings. The smallest absolute Gasteiger partial charge is 0.248 e. The quantitative estimate of drug-likeness (QED) is 0.398. The highest BCUT2D eigenvalue weighted by Crippen LogP contribution is 2.30. The topological polar surface area (TPSA) is 50.7 Å². The summed E-state index contributed by atoms with van der Waals surface area (Å²) in [5.74, 6) is 0. The van der Waals surface area contributed by atoms with Crippen LogP contribution in [0.15, 0.2) is 102 Å². The maximum atomic E-state index is 12.3. The molecule has 0 spiro atoms. The van der Waals surface area contributed by atoms with Crippen LogP contribution in [-0.4, -0.2) is 14.5 Å². The Bertz CT molecular complexity index is 1370. The molecule has 2 aromatic heterocycles. The predicted molar refractivity (Wildman–Crippen MR) is 125 cm³/mol. The van der Waals surface area contributed by atoms with Crippen molar-refractivity contribution in [2.24, 2.45) is 0 Å². The van der Waals surface area contributed by atoms with E-state index in [-0.39, 0.29) is 11.6 Å². The first-order valence-electron chi connectivity index (χ1n) is 10.1. The summed E-state index contributed by atoms with van der Waals surface area (Å²) >= 11 is 6.13. The third-order valence-corrected chi connectivity index (χ3v) is 5.77. The van der Waals surface area contributed by atoms with Crippen LogP contribution >= 0.6 is 11.6 Å². The maximum absolute atomic E-state index is 12.3. The lowest BCUT2D eigenvalue weighted by Crippen LogP contribution is -2.12. The van der Waals surface area contributed by atoms with Gasteiger partial charge in [0.1, 0.15) is 0 Å². The van der Waals surface area contributed by atoms with Gasteiger partial charge >= 0.3 is 0 Å². The number of hydrogen-bond acceptors (Lipinski definition) is 2. The van der Waals surface area contributed by atoms with E-state index in [2.05, 4.69) is 38.8 Å².